The summed E-state index contributed by atoms with van der Waals surface area (Å²) in [7, 11) is -5.01. The lowest BCUT2D eigenvalue weighted by molar-refractivity contribution is -0.317. The molecule has 0 aromatic carbocycles. The minimum atomic E-state index is -5.01. The van der Waals surface area contributed by atoms with E-state index in [-0.39, 0.29) is 0 Å². The maximum Gasteiger partial charge on any atom is 0.300 e. The van der Waals surface area contributed by atoms with Crippen LogP contribution in [0.1, 0.15) is 6.92 Å². The van der Waals surface area contributed by atoms with Gasteiger partial charge in [-0.15, -0.1) is 0 Å². The SMILES string of the molecule is CC(O)(C(=O)[O-])S(=O)(=O)O. The standard InChI is InChI=1S/C3H6O6S/c1-3(6,2(4)5)10(7,8)9/h6H,1H3,(H,4,5)(H,7,8,9)/p-1. The summed E-state index contributed by atoms with van der Waals surface area (Å²) in [5, 5.41) is 18.2. The molecule has 0 aliphatic rings. The average Bonchev–Trinajstić information content (AvgIpc) is 1.62. The quantitative estimate of drug-likeness (QED) is 0.436. The molecule has 0 saturated heterocycles. The lowest BCUT2D eigenvalue weighted by Gasteiger charge is -2.19. The van der Waals surface area contributed by atoms with E-state index < -0.39 is 21.0 Å². The molecule has 0 heterocycles. The van der Waals surface area contributed by atoms with Crippen molar-refractivity contribution in [2.75, 3.05) is 0 Å². The van der Waals surface area contributed by atoms with Crippen LogP contribution in [0.4, 0.5) is 0 Å². The van der Waals surface area contributed by atoms with Crippen molar-refractivity contribution in [1.82, 2.24) is 0 Å². The van der Waals surface area contributed by atoms with E-state index in [1.165, 1.54) is 0 Å². The fraction of sp³-hybridized carbons (Fsp3) is 0.667. The van der Waals surface area contributed by atoms with Crippen molar-refractivity contribution >= 4 is 16.1 Å². The van der Waals surface area contributed by atoms with Gasteiger partial charge in [0.1, 0.15) is 0 Å². The smallest absolute Gasteiger partial charge is 0.300 e. The van der Waals surface area contributed by atoms with Crippen LogP contribution >= 0.6 is 0 Å². The third kappa shape index (κ3) is 1.43. The highest BCUT2D eigenvalue weighted by Crippen LogP contribution is 2.08. The van der Waals surface area contributed by atoms with Crippen molar-refractivity contribution in [3.8, 4) is 0 Å². The van der Waals surface area contributed by atoms with Gasteiger partial charge in [0, 0.05) is 0 Å². The zero-order valence-corrected chi connectivity index (χ0v) is 5.75. The van der Waals surface area contributed by atoms with Gasteiger partial charge in [0.2, 0.25) is 4.93 Å². The summed E-state index contributed by atoms with van der Waals surface area (Å²) in [5.41, 5.74) is 0. The number of aliphatic hydroxyl groups is 1. The van der Waals surface area contributed by atoms with Crippen LogP contribution in [-0.4, -0.2) is 29.0 Å². The fourth-order valence-electron chi connectivity index (χ4n) is 0.105. The van der Waals surface area contributed by atoms with Crippen LogP contribution in [0.5, 0.6) is 0 Å². The second kappa shape index (κ2) is 2.19. The van der Waals surface area contributed by atoms with Crippen LogP contribution in [0.15, 0.2) is 0 Å². The van der Waals surface area contributed by atoms with E-state index in [1.807, 2.05) is 0 Å². The van der Waals surface area contributed by atoms with Gasteiger partial charge in [-0.3, -0.25) is 4.55 Å². The van der Waals surface area contributed by atoms with E-state index in [1.54, 1.807) is 0 Å². The number of carboxylic acids is 1. The van der Waals surface area contributed by atoms with E-state index in [9.17, 15) is 18.3 Å². The number of rotatable bonds is 2. The Morgan fingerprint density at radius 1 is 1.60 bits per heavy atom. The molecule has 10 heavy (non-hydrogen) atoms. The van der Waals surface area contributed by atoms with Crippen molar-refractivity contribution in [1.29, 1.82) is 0 Å². The molecule has 2 N–H and O–H groups in total. The number of carboxylic acid groups (broad SMARTS) is 1. The van der Waals surface area contributed by atoms with Crippen molar-refractivity contribution in [2.24, 2.45) is 0 Å². The minimum Gasteiger partial charge on any atom is -0.546 e. The van der Waals surface area contributed by atoms with Gasteiger partial charge in [0.15, 0.2) is 0 Å². The van der Waals surface area contributed by atoms with Gasteiger partial charge in [0.05, 0.1) is 5.97 Å². The first-order valence-electron chi connectivity index (χ1n) is 2.10. The fourth-order valence-corrected chi connectivity index (χ4v) is 0.316. The highest BCUT2D eigenvalue weighted by atomic mass is 32.2. The summed E-state index contributed by atoms with van der Waals surface area (Å²) < 4.78 is 28.0. The Morgan fingerprint density at radius 3 is 1.90 bits per heavy atom. The van der Waals surface area contributed by atoms with Crippen LogP contribution in [0, 0.1) is 0 Å². The van der Waals surface area contributed by atoms with E-state index >= 15 is 0 Å². The molecule has 0 aromatic heterocycles. The second-order valence-electron chi connectivity index (χ2n) is 1.75. The van der Waals surface area contributed by atoms with Gasteiger partial charge in [-0.05, 0) is 6.92 Å². The number of hydrogen-bond acceptors (Lipinski definition) is 5. The molecule has 0 fully saturated rings. The van der Waals surface area contributed by atoms with Gasteiger partial charge < -0.3 is 15.0 Å². The maximum absolute atomic E-state index is 9.98. The average molecular weight is 169 g/mol. The zero-order chi connectivity index (χ0) is 8.58. The molecule has 1 atom stereocenters. The third-order valence-corrected chi connectivity index (χ3v) is 2.05. The zero-order valence-electron chi connectivity index (χ0n) is 4.94. The molecule has 0 radical (unpaired) electrons. The van der Waals surface area contributed by atoms with Gasteiger partial charge in [0.25, 0.3) is 10.1 Å². The molecule has 0 aromatic rings. The first kappa shape index (κ1) is 9.34. The first-order valence-corrected chi connectivity index (χ1v) is 3.54. The van der Waals surface area contributed by atoms with E-state index in [2.05, 4.69) is 0 Å². The highest BCUT2D eigenvalue weighted by Gasteiger charge is 2.36. The van der Waals surface area contributed by atoms with Crippen LogP contribution in [0.25, 0.3) is 0 Å². The molecule has 0 rings (SSSR count). The molecule has 0 saturated carbocycles. The monoisotopic (exact) mass is 169 g/mol. The first-order chi connectivity index (χ1) is 4.19. The molecule has 0 spiro atoms. The highest BCUT2D eigenvalue weighted by molar-refractivity contribution is 7.87. The lowest BCUT2D eigenvalue weighted by atomic mass is 10.4. The van der Waals surface area contributed by atoms with Crippen LogP contribution in [0.2, 0.25) is 0 Å². The van der Waals surface area contributed by atoms with Gasteiger partial charge in [-0.2, -0.15) is 8.42 Å². The second-order valence-corrected chi connectivity index (χ2v) is 3.49. The molecule has 0 bridgehead atoms. The van der Waals surface area contributed by atoms with Crippen LogP contribution in [-0.2, 0) is 14.9 Å². The largest absolute Gasteiger partial charge is 0.546 e. The number of hydrogen-bond donors (Lipinski definition) is 2. The predicted octanol–water partition coefficient (Wildman–Crippen LogP) is -2.67. The van der Waals surface area contributed by atoms with Crippen molar-refractivity contribution in [3.63, 3.8) is 0 Å². The molecule has 0 aliphatic heterocycles. The van der Waals surface area contributed by atoms with Gasteiger partial charge >= 0.3 is 0 Å². The number of carbonyl (C=O) groups excluding carboxylic acids is 1. The van der Waals surface area contributed by atoms with E-state index in [4.69, 9.17) is 9.66 Å². The maximum atomic E-state index is 9.98. The summed E-state index contributed by atoms with van der Waals surface area (Å²) in [6, 6.07) is 0. The Hall–Kier alpha value is -0.660. The third-order valence-electron chi connectivity index (χ3n) is 0.881. The Morgan fingerprint density at radius 2 is 1.90 bits per heavy atom. The molecule has 60 valence electrons. The van der Waals surface area contributed by atoms with Crippen LogP contribution < -0.4 is 5.11 Å². The molecular formula is C3H5O6S-. The summed E-state index contributed by atoms with van der Waals surface area (Å²) in [4.78, 5) is 6.54. The topological polar surface area (TPSA) is 115 Å². The number of aliphatic carboxylic acids is 1. The summed E-state index contributed by atoms with van der Waals surface area (Å²) in [6.07, 6.45) is 0. The van der Waals surface area contributed by atoms with Crippen LogP contribution in [0.3, 0.4) is 0 Å². The van der Waals surface area contributed by atoms with Gasteiger partial charge in [-0.1, -0.05) is 0 Å². The summed E-state index contributed by atoms with van der Waals surface area (Å²) in [5.74, 6) is -2.27. The molecule has 1 unspecified atom stereocenters. The Labute approximate surface area is 56.8 Å². The molecule has 0 amide bonds. The molecule has 6 nitrogen and oxygen atoms in total. The van der Waals surface area contributed by atoms with E-state index in [0.29, 0.717) is 6.92 Å². The summed E-state index contributed by atoms with van der Waals surface area (Å²) >= 11 is 0. The molecular weight excluding hydrogens is 164 g/mol. The van der Waals surface area contributed by atoms with E-state index in [0.717, 1.165) is 0 Å². The molecule has 7 heteroatoms. The Bertz CT molecular complexity index is 236. The lowest BCUT2D eigenvalue weighted by Crippen LogP contribution is -2.51. The van der Waals surface area contributed by atoms with Crippen molar-refractivity contribution < 1.29 is 28.0 Å². The normalized spacial score (nSPS) is 17.9. The summed E-state index contributed by atoms with van der Waals surface area (Å²) in [6.45, 7) is 0.400. The predicted molar refractivity (Wildman–Crippen MR) is 27.2 cm³/mol. The number of carbonyl (C=O) groups is 1. The van der Waals surface area contributed by atoms with Crippen molar-refractivity contribution in [3.05, 3.63) is 0 Å². The minimum absolute atomic E-state index is 0.400. The van der Waals surface area contributed by atoms with Gasteiger partial charge in [-0.25, -0.2) is 0 Å². The molecule has 0 aliphatic carbocycles. The Kier molecular flexibility index (Phi) is 2.04. The van der Waals surface area contributed by atoms with Crippen molar-refractivity contribution in [2.45, 2.75) is 11.9 Å². The Balaban J connectivity index is 4.95.